The van der Waals surface area contributed by atoms with Crippen LogP contribution in [0, 0.1) is 10.1 Å². The summed E-state index contributed by atoms with van der Waals surface area (Å²) in [5, 5.41) is 20.5. The van der Waals surface area contributed by atoms with E-state index in [9.17, 15) is 15.2 Å². The van der Waals surface area contributed by atoms with Crippen LogP contribution in [0.3, 0.4) is 0 Å². The third-order valence-electron chi connectivity index (χ3n) is 4.05. The largest absolute Gasteiger partial charge is 0.495 e. The van der Waals surface area contributed by atoms with Crippen LogP contribution in [0.4, 0.5) is 5.69 Å². The number of nitro groups is 1. The molecule has 1 aliphatic rings. The molecule has 1 N–H and O–H groups in total. The highest BCUT2D eigenvalue weighted by Crippen LogP contribution is 2.37. The van der Waals surface area contributed by atoms with Crippen LogP contribution in [0.1, 0.15) is 33.3 Å². The van der Waals surface area contributed by atoms with E-state index in [-0.39, 0.29) is 11.3 Å². The van der Waals surface area contributed by atoms with Gasteiger partial charge in [-0.15, -0.1) is 0 Å². The van der Waals surface area contributed by atoms with Gasteiger partial charge in [0.2, 0.25) is 0 Å². The molecule has 6 nitrogen and oxygen atoms in total. The second kappa shape index (κ2) is 4.84. The SMILES string of the molecule is CC1(C)OB(c2cccc([N+](=O)[O-])c2CO)OC1(C)C. The number of hydrogen-bond donors (Lipinski definition) is 1. The second-order valence-corrected chi connectivity index (χ2v) is 5.85. The van der Waals surface area contributed by atoms with Crippen molar-refractivity contribution in [2.75, 3.05) is 0 Å². The minimum Gasteiger partial charge on any atom is -0.399 e. The van der Waals surface area contributed by atoms with Crippen molar-refractivity contribution in [2.24, 2.45) is 0 Å². The summed E-state index contributed by atoms with van der Waals surface area (Å²) in [6, 6.07) is 4.61. The molecule has 1 heterocycles. The zero-order valence-corrected chi connectivity index (χ0v) is 12.0. The van der Waals surface area contributed by atoms with E-state index in [1.165, 1.54) is 6.07 Å². The van der Waals surface area contributed by atoms with Crippen LogP contribution in [-0.2, 0) is 15.9 Å². The highest BCUT2D eigenvalue weighted by Gasteiger charge is 2.52. The van der Waals surface area contributed by atoms with Gasteiger partial charge in [0.25, 0.3) is 5.69 Å². The highest BCUT2D eigenvalue weighted by atomic mass is 16.7. The van der Waals surface area contributed by atoms with Crippen molar-refractivity contribution in [3.05, 3.63) is 33.9 Å². The van der Waals surface area contributed by atoms with E-state index in [1.54, 1.807) is 12.1 Å². The Morgan fingerprint density at radius 3 is 2.25 bits per heavy atom. The van der Waals surface area contributed by atoms with Crippen LogP contribution < -0.4 is 5.46 Å². The van der Waals surface area contributed by atoms with Gasteiger partial charge in [0, 0.05) is 6.07 Å². The Labute approximate surface area is 118 Å². The Balaban J connectivity index is 2.45. The molecule has 1 aliphatic heterocycles. The molecule has 1 aromatic carbocycles. The number of benzene rings is 1. The van der Waals surface area contributed by atoms with Gasteiger partial charge in [-0.1, -0.05) is 12.1 Å². The number of aliphatic hydroxyl groups excluding tert-OH is 1. The van der Waals surface area contributed by atoms with E-state index in [4.69, 9.17) is 9.31 Å². The summed E-state index contributed by atoms with van der Waals surface area (Å²) in [5.41, 5.74) is -0.458. The van der Waals surface area contributed by atoms with Crippen molar-refractivity contribution in [3.63, 3.8) is 0 Å². The monoisotopic (exact) mass is 279 g/mol. The van der Waals surface area contributed by atoms with Gasteiger partial charge in [0.1, 0.15) is 0 Å². The molecule has 0 aromatic heterocycles. The zero-order chi connectivity index (χ0) is 15.1. The molecule has 0 spiro atoms. The van der Waals surface area contributed by atoms with Crippen molar-refractivity contribution in [3.8, 4) is 0 Å². The molecular formula is C13H18BNO5. The molecule has 0 unspecified atom stereocenters. The van der Waals surface area contributed by atoms with Gasteiger partial charge in [-0.3, -0.25) is 10.1 Å². The summed E-state index contributed by atoms with van der Waals surface area (Å²) in [6.07, 6.45) is 0. The fraction of sp³-hybridized carbons (Fsp3) is 0.538. The molecular weight excluding hydrogens is 261 g/mol. The molecule has 1 saturated heterocycles. The van der Waals surface area contributed by atoms with Gasteiger partial charge in [-0.25, -0.2) is 0 Å². The number of nitrogens with zero attached hydrogens (tertiary/aromatic N) is 1. The number of hydrogen-bond acceptors (Lipinski definition) is 5. The van der Waals surface area contributed by atoms with Crippen LogP contribution >= 0.6 is 0 Å². The smallest absolute Gasteiger partial charge is 0.399 e. The maximum Gasteiger partial charge on any atom is 0.495 e. The number of aliphatic hydroxyl groups is 1. The molecule has 7 heteroatoms. The molecule has 1 aromatic rings. The lowest BCUT2D eigenvalue weighted by molar-refractivity contribution is -0.385. The first-order chi connectivity index (χ1) is 9.19. The van der Waals surface area contributed by atoms with Crippen LogP contribution in [0.15, 0.2) is 18.2 Å². The average Bonchev–Trinajstić information content (AvgIpc) is 2.57. The summed E-state index contributed by atoms with van der Waals surface area (Å²) in [5.74, 6) is 0. The molecule has 108 valence electrons. The number of rotatable bonds is 3. The van der Waals surface area contributed by atoms with Crippen molar-refractivity contribution in [1.82, 2.24) is 0 Å². The maximum absolute atomic E-state index is 11.0. The van der Waals surface area contributed by atoms with Gasteiger partial charge in [0.15, 0.2) is 0 Å². The summed E-state index contributed by atoms with van der Waals surface area (Å²) in [6.45, 7) is 7.19. The fourth-order valence-electron chi connectivity index (χ4n) is 2.13. The summed E-state index contributed by atoms with van der Waals surface area (Å²) >= 11 is 0. The fourth-order valence-corrected chi connectivity index (χ4v) is 2.13. The van der Waals surface area contributed by atoms with E-state index in [1.807, 2.05) is 27.7 Å². The summed E-state index contributed by atoms with van der Waals surface area (Å²) in [7, 11) is -0.720. The summed E-state index contributed by atoms with van der Waals surface area (Å²) < 4.78 is 11.7. The van der Waals surface area contributed by atoms with Crippen molar-refractivity contribution >= 4 is 18.3 Å². The first-order valence-corrected chi connectivity index (χ1v) is 6.42. The van der Waals surface area contributed by atoms with Gasteiger partial charge in [0.05, 0.1) is 28.3 Å². The third kappa shape index (κ3) is 2.32. The Morgan fingerprint density at radius 2 is 1.80 bits per heavy atom. The second-order valence-electron chi connectivity index (χ2n) is 5.85. The number of nitro benzene ring substituents is 1. The Kier molecular flexibility index (Phi) is 3.62. The Bertz CT molecular complexity index is 528. The van der Waals surface area contributed by atoms with E-state index in [0.29, 0.717) is 5.46 Å². The first kappa shape index (κ1) is 15.0. The summed E-state index contributed by atoms with van der Waals surface area (Å²) in [4.78, 5) is 10.5. The normalized spacial score (nSPS) is 20.1. The lowest BCUT2D eigenvalue weighted by Gasteiger charge is -2.32. The standard InChI is InChI=1S/C13H18BNO5/c1-12(2)13(3,4)20-14(19-12)10-6-5-7-11(15(17)18)9(10)8-16/h5-7,16H,8H2,1-4H3. The van der Waals surface area contributed by atoms with Crippen molar-refractivity contribution in [2.45, 2.75) is 45.5 Å². The predicted octanol–water partition coefficient (Wildman–Crippen LogP) is 1.39. The van der Waals surface area contributed by atoms with Gasteiger partial charge in [-0.05, 0) is 33.2 Å². The maximum atomic E-state index is 11.0. The molecule has 0 radical (unpaired) electrons. The minimum absolute atomic E-state index is 0.125. The van der Waals surface area contributed by atoms with Crippen LogP contribution in [0.25, 0.3) is 0 Å². The lowest BCUT2D eigenvalue weighted by atomic mass is 9.75. The van der Waals surface area contributed by atoms with Crippen LogP contribution in [-0.4, -0.2) is 28.4 Å². The van der Waals surface area contributed by atoms with Crippen molar-refractivity contribution in [1.29, 1.82) is 0 Å². The van der Waals surface area contributed by atoms with E-state index in [0.717, 1.165) is 0 Å². The highest BCUT2D eigenvalue weighted by molar-refractivity contribution is 6.62. The predicted molar refractivity (Wildman–Crippen MR) is 74.7 cm³/mol. The van der Waals surface area contributed by atoms with E-state index >= 15 is 0 Å². The molecule has 0 atom stereocenters. The molecule has 0 aliphatic carbocycles. The van der Waals surface area contributed by atoms with Gasteiger partial charge >= 0.3 is 7.12 Å². The minimum atomic E-state index is -0.720. The molecule has 0 bridgehead atoms. The molecule has 0 saturated carbocycles. The Hall–Kier alpha value is -1.44. The molecule has 1 fully saturated rings. The van der Waals surface area contributed by atoms with Crippen LogP contribution in [0.2, 0.25) is 0 Å². The molecule has 20 heavy (non-hydrogen) atoms. The quantitative estimate of drug-likeness (QED) is 0.513. The Morgan fingerprint density at radius 1 is 1.25 bits per heavy atom. The van der Waals surface area contributed by atoms with Gasteiger partial charge in [-0.2, -0.15) is 0 Å². The zero-order valence-electron chi connectivity index (χ0n) is 12.0. The van der Waals surface area contributed by atoms with E-state index in [2.05, 4.69) is 0 Å². The molecule has 0 amide bonds. The van der Waals surface area contributed by atoms with E-state index < -0.39 is 29.9 Å². The average molecular weight is 279 g/mol. The molecule has 2 rings (SSSR count). The topological polar surface area (TPSA) is 81.8 Å². The third-order valence-corrected chi connectivity index (χ3v) is 4.05. The van der Waals surface area contributed by atoms with Crippen molar-refractivity contribution < 1.29 is 19.3 Å². The first-order valence-electron chi connectivity index (χ1n) is 6.42. The van der Waals surface area contributed by atoms with Gasteiger partial charge < -0.3 is 14.4 Å². The lowest BCUT2D eigenvalue weighted by Crippen LogP contribution is -2.41. The van der Waals surface area contributed by atoms with Crippen LogP contribution in [0.5, 0.6) is 0 Å².